The van der Waals surface area contributed by atoms with Crippen molar-refractivity contribution < 1.29 is 4.52 Å². The molecule has 0 amide bonds. The Hall–Kier alpha value is -1.68. The third-order valence-electron chi connectivity index (χ3n) is 2.18. The molecule has 15 heavy (non-hydrogen) atoms. The molecule has 0 aliphatic carbocycles. The van der Waals surface area contributed by atoms with Crippen LogP contribution in [0.15, 0.2) is 28.8 Å². The summed E-state index contributed by atoms with van der Waals surface area (Å²) < 4.78 is 5.04. The molecular formula is C11H13N3O. The minimum Gasteiger partial charge on any atom is -0.339 e. The number of aryl methyl sites for hydroxylation is 1. The van der Waals surface area contributed by atoms with Gasteiger partial charge in [-0.15, -0.1) is 0 Å². The third-order valence-corrected chi connectivity index (χ3v) is 2.18. The lowest BCUT2D eigenvalue weighted by Crippen LogP contribution is -1.96. The zero-order chi connectivity index (χ0) is 10.7. The molecule has 0 bridgehead atoms. The summed E-state index contributed by atoms with van der Waals surface area (Å²) in [7, 11) is 0. The molecule has 0 aliphatic heterocycles. The maximum atomic E-state index is 5.51. The summed E-state index contributed by atoms with van der Waals surface area (Å²) in [6, 6.07) is 8.08. The van der Waals surface area contributed by atoms with Crippen molar-refractivity contribution in [3.63, 3.8) is 0 Å². The molecule has 4 nitrogen and oxygen atoms in total. The van der Waals surface area contributed by atoms with Gasteiger partial charge in [0.2, 0.25) is 5.89 Å². The van der Waals surface area contributed by atoms with E-state index >= 15 is 0 Å². The smallest absolute Gasteiger partial charge is 0.231 e. The van der Waals surface area contributed by atoms with E-state index in [2.05, 4.69) is 10.1 Å². The average Bonchev–Trinajstić information content (AvgIpc) is 2.65. The quantitative estimate of drug-likeness (QED) is 0.819. The molecule has 1 heterocycles. The van der Waals surface area contributed by atoms with Gasteiger partial charge in [-0.05, 0) is 18.1 Å². The monoisotopic (exact) mass is 203 g/mol. The van der Waals surface area contributed by atoms with Crippen molar-refractivity contribution in [3.05, 3.63) is 47.1 Å². The zero-order valence-corrected chi connectivity index (χ0v) is 8.60. The Bertz CT molecular complexity index is 433. The van der Waals surface area contributed by atoms with E-state index in [-0.39, 0.29) is 0 Å². The van der Waals surface area contributed by atoms with Gasteiger partial charge in [-0.25, -0.2) is 0 Å². The largest absolute Gasteiger partial charge is 0.339 e. The Balaban J connectivity index is 2.11. The van der Waals surface area contributed by atoms with E-state index in [9.17, 15) is 0 Å². The van der Waals surface area contributed by atoms with E-state index in [4.69, 9.17) is 10.3 Å². The third kappa shape index (κ3) is 2.41. The van der Waals surface area contributed by atoms with Gasteiger partial charge in [-0.2, -0.15) is 4.98 Å². The molecule has 0 aliphatic rings. The van der Waals surface area contributed by atoms with E-state index in [0.29, 0.717) is 24.7 Å². The molecule has 2 aromatic rings. The second-order valence-electron chi connectivity index (χ2n) is 3.43. The van der Waals surface area contributed by atoms with Gasteiger partial charge in [0, 0.05) is 6.54 Å². The number of nitrogens with zero attached hydrogens (tertiary/aromatic N) is 2. The zero-order valence-electron chi connectivity index (χ0n) is 8.60. The number of benzene rings is 1. The molecular weight excluding hydrogens is 190 g/mol. The number of hydrogen-bond acceptors (Lipinski definition) is 4. The first-order valence-electron chi connectivity index (χ1n) is 4.85. The lowest BCUT2D eigenvalue weighted by molar-refractivity contribution is 0.381. The lowest BCUT2D eigenvalue weighted by atomic mass is 10.1. The topological polar surface area (TPSA) is 64.9 Å². The Morgan fingerprint density at radius 2 is 1.87 bits per heavy atom. The Morgan fingerprint density at radius 3 is 2.40 bits per heavy atom. The number of nitrogens with two attached hydrogens (primary N) is 1. The van der Waals surface area contributed by atoms with Crippen molar-refractivity contribution >= 4 is 0 Å². The van der Waals surface area contributed by atoms with Crippen LogP contribution < -0.4 is 5.73 Å². The first kappa shape index (κ1) is 9.86. The first-order valence-corrected chi connectivity index (χ1v) is 4.85. The van der Waals surface area contributed by atoms with Crippen LogP contribution in [0.5, 0.6) is 0 Å². The van der Waals surface area contributed by atoms with Gasteiger partial charge in [0.1, 0.15) is 0 Å². The van der Waals surface area contributed by atoms with Crippen molar-refractivity contribution in [2.45, 2.75) is 19.9 Å². The number of rotatable bonds is 3. The number of hydrogen-bond donors (Lipinski definition) is 1. The molecule has 0 spiro atoms. The van der Waals surface area contributed by atoms with E-state index in [0.717, 1.165) is 11.1 Å². The highest BCUT2D eigenvalue weighted by molar-refractivity contribution is 5.24. The molecule has 0 radical (unpaired) electrons. The lowest BCUT2D eigenvalue weighted by Gasteiger charge is -1.99. The van der Waals surface area contributed by atoms with Crippen molar-refractivity contribution in [2.75, 3.05) is 0 Å². The molecule has 2 N–H and O–H groups in total. The number of aromatic nitrogens is 2. The standard InChI is InChI=1S/C11H13N3O/c1-8-13-11(15-14-8)6-9-2-4-10(7-12)5-3-9/h2-5H,6-7,12H2,1H3. The maximum Gasteiger partial charge on any atom is 0.231 e. The van der Waals surface area contributed by atoms with Crippen molar-refractivity contribution in [3.8, 4) is 0 Å². The van der Waals surface area contributed by atoms with E-state index in [1.54, 1.807) is 0 Å². The summed E-state index contributed by atoms with van der Waals surface area (Å²) in [6.45, 7) is 2.38. The van der Waals surface area contributed by atoms with E-state index < -0.39 is 0 Å². The normalized spacial score (nSPS) is 10.5. The van der Waals surface area contributed by atoms with Crippen molar-refractivity contribution in [1.29, 1.82) is 0 Å². The van der Waals surface area contributed by atoms with Crippen LogP contribution in [0, 0.1) is 6.92 Å². The first-order chi connectivity index (χ1) is 7.28. The molecule has 1 aromatic heterocycles. The average molecular weight is 203 g/mol. The Labute approximate surface area is 88.1 Å². The van der Waals surface area contributed by atoms with Crippen LogP contribution in [-0.2, 0) is 13.0 Å². The van der Waals surface area contributed by atoms with Crippen LogP contribution >= 0.6 is 0 Å². The van der Waals surface area contributed by atoms with Gasteiger partial charge >= 0.3 is 0 Å². The van der Waals surface area contributed by atoms with Crippen LogP contribution in [0.2, 0.25) is 0 Å². The highest BCUT2D eigenvalue weighted by atomic mass is 16.5. The minimum absolute atomic E-state index is 0.569. The highest BCUT2D eigenvalue weighted by Crippen LogP contribution is 2.09. The van der Waals surface area contributed by atoms with E-state index in [1.165, 1.54) is 0 Å². The fraction of sp³-hybridized carbons (Fsp3) is 0.273. The van der Waals surface area contributed by atoms with Gasteiger partial charge in [-0.3, -0.25) is 0 Å². The van der Waals surface area contributed by atoms with Gasteiger partial charge in [0.25, 0.3) is 0 Å². The molecule has 0 fully saturated rings. The second kappa shape index (κ2) is 4.23. The molecule has 1 aromatic carbocycles. The summed E-state index contributed by atoms with van der Waals surface area (Å²) in [5.41, 5.74) is 7.79. The summed E-state index contributed by atoms with van der Waals surface area (Å²) in [4.78, 5) is 4.15. The fourth-order valence-electron chi connectivity index (χ4n) is 1.38. The highest BCUT2D eigenvalue weighted by Gasteiger charge is 2.03. The predicted octanol–water partition coefficient (Wildman–Crippen LogP) is 1.43. The molecule has 0 unspecified atom stereocenters. The van der Waals surface area contributed by atoms with Crippen LogP contribution in [0.25, 0.3) is 0 Å². The second-order valence-corrected chi connectivity index (χ2v) is 3.43. The molecule has 0 atom stereocenters. The van der Waals surface area contributed by atoms with Crippen LogP contribution in [0.3, 0.4) is 0 Å². The summed E-state index contributed by atoms with van der Waals surface area (Å²) in [6.07, 6.45) is 0.672. The Kier molecular flexibility index (Phi) is 2.78. The summed E-state index contributed by atoms with van der Waals surface area (Å²) >= 11 is 0. The van der Waals surface area contributed by atoms with Crippen LogP contribution in [0.4, 0.5) is 0 Å². The van der Waals surface area contributed by atoms with Gasteiger partial charge in [0.05, 0.1) is 6.42 Å². The van der Waals surface area contributed by atoms with Crippen molar-refractivity contribution in [1.82, 2.24) is 10.1 Å². The van der Waals surface area contributed by atoms with Gasteiger partial charge < -0.3 is 10.3 Å². The molecule has 0 saturated heterocycles. The summed E-state index contributed by atoms with van der Waals surface area (Å²) in [5.74, 6) is 1.32. The maximum absolute atomic E-state index is 5.51. The Morgan fingerprint density at radius 1 is 1.20 bits per heavy atom. The SMILES string of the molecule is Cc1noc(Cc2ccc(CN)cc2)n1. The van der Waals surface area contributed by atoms with Crippen LogP contribution in [-0.4, -0.2) is 10.1 Å². The van der Waals surface area contributed by atoms with Crippen molar-refractivity contribution in [2.24, 2.45) is 5.73 Å². The van der Waals surface area contributed by atoms with E-state index in [1.807, 2.05) is 31.2 Å². The molecule has 2 rings (SSSR count). The minimum atomic E-state index is 0.569. The molecule has 0 saturated carbocycles. The molecule has 4 heteroatoms. The predicted molar refractivity (Wildman–Crippen MR) is 56.2 cm³/mol. The van der Waals surface area contributed by atoms with Gasteiger partial charge in [-0.1, -0.05) is 29.4 Å². The fourth-order valence-corrected chi connectivity index (χ4v) is 1.38. The summed E-state index contributed by atoms with van der Waals surface area (Å²) in [5, 5.41) is 3.74. The van der Waals surface area contributed by atoms with Crippen LogP contribution in [0.1, 0.15) is 22.8 Å². The van der Waals surface area contributed by atoms with Gasteiger partial charge in [0.15, 0.2) is 5.82 Å². The molecule has 78 valence electrons.